The molecule has 1 aromatic rings. The van der Waals surface area contributed by atoms with Gasteiger partial charge in [-0.15, -0.1) is 0 Å². The number of carbonyl (C=O) groups is 2. The monoisotopic (exact) mass is 336 g/mol. The summed E-state index contributed by atoms with van der Waals surface area (Å²) in [7, 11) is 0. The molecule has 0 unspecified atom stereocenters. The minimum Gasteiger partial charge on any atom is -0.466 e. The van der Waals surface area contributed by atoms with Crippen LogP contribution < -0.4 is 4.74 Å². The molecule has 19 heavy (non-hydrogen) atoms. The van der Waals surface area contributed by atoms with Gasteiger partial charge in [0.25, 0.3) is 0 Å². The van der Waals surface area contributed by atoms with Crippen LogP contribution in [0, 0.1) is 0 Å². The van der Waals surface area contributed by atoms with Crippen molar-refractivity contribution in [2.75, 3.05) is 6.61 Å². The number of halogens is 3. The molecule has 0 aromatic heterocycles. The summed E-state index contributed by atoms with van der Waals surface area (Å²) in [5.41, 5.74) is 0.101. The highest BCUT2D eigenvalue weighted by molar-refractivity contribution is 9.10. The van der Waals surface area contributed by atoms with Crippen molar-refractivity contribution >= 4 is 28.2 Å². The molecule has 0 aliphatic rings. The van der Waals surface area contributed by atoms with Gasteiger partial charge in [-0.3, -0.25) is 9.59 Å². The maximum Gasteiger partial charge on any atom is 0.387 e. The molecule has 0 radical (unpaired) electrons. The van der Waals surface area contributed by atoms with Gasteiger partial charge in [0.2, 0.25) is 0 Å². The van der Waals surface area contributed by atoms with Crippen molar-refractivity contribution in [1.29, 1.82) is 0 Å². The van der Waals surface area contributed by atoms with E-state index in [4.69, 9.17) is 4.74 Å². The van der Waals surface area contributed by atoms with Crippen molar-refractivity contribution in [3.8, 4) is 5.75 Å². The Bertz CT molecular complexity index is 477. The second-order valence-corrected chi connectivity index (χ2v) is 4.38. The van der Waals surface area contributed by atoms with E-state index in [2.05, 4.69) is 20.7 Å². The minimum absolute atomic E-state index is 0.0611. The Kier molecular flexibility index (Phi) is 5.88. The molecular weight excluding hydrogens is 326 g/mol. The van der Waals surface area contributed by atoms with Crippen molar-refractivity contribution in [1.82, 2.24) is 0 Å². The van der Waals surface area contributed by atoms with Crippen LogP contribution in [0.2, 0.25) is 0 Å². The highest BCUT2D eigenvalue weighted by atomic mass is 79.9. The summed E-state index contributed by atoms with van der Waals surface area (Å²) in [6.45, 7) is -1.27. The Morgan fingerprint density at radius 1 is 1.47 bits per heavy atom. The van der Waals surface area contributed by atoms with Crippen LogP contribution in [0.25, 0.3) is 0 Å². The largest absolute Gasteiger partial charge is 0.466 e. The number of esters is 1. The third-order valence-corrected chi connectivity index (χ3v) is 2.59. The van der Waals surface area contributed by atoms with Crippen molar-refractivity contribution in [3.63, 3.8) is 0 Å². The summed E-state index contributed by atoms with van der Waals surface area (Å²) >= 11 is 3.13. The van der Waals surface area contributed by atoms with Crippen LogP contribution in [0.1, 0.15) is 22.8 Å². The Labute approximate surface area is 116 Å². The molecule has 0 fully saturated rings. The van der Waals surface area contributed by atoms with Gasteiger partial charge in [-0.05, 0) is 19.1 Å². The first-order valence-corrected chi connectivity index (χ1v) is 6.15. The smallest absolute Gasteiger partial charge is 0.387 e. The molecule has 0 saturated carbocycles. The number of benzene rings is 1. The van der Waals surface area contributed by atoms with E-state index in [1.807, 2.05) is 0 Å². The molecule has 4 nitrogen and oxygen atoms in total. The lowest BCUT2D eigenvalue weighted by molar-refractivity contribution is -0.142. The van der Waals surface area contributed by atoms with E-state index < -0.39 is 12.6 Å². The van der Waals surface area contributed by atoms with Crippen LogP contribution in [0.4, 0.5) is 8.78 Å². The van der Waals surface area contributed by atoms with E-state index in [9.17, 15) is 18.4 Å². The van der Waals surface area contributed by atoms with Crippen LogP contribution in [0.15, 0.2) is 16.6 Å². The van der Waals surface area contributed by atoms with Crippen LogP contribution in [0.3, 0.4) is 0 Å². The van der Waals surface area contributed by atoms with E-state index >= 15 is 0 Å². The molecule has 1 aromatic carbocycles. The molecule has 0 atom stereocenters. The number of aldehydes is 1. The average molecular weight is 337 g/mol. The van der Waals surface area contributed by atoms with Crippen molar-refractivity contribution < 1.29 is 27.8 Å². The first-order valence-electron chi connectivity index (χ1n) is 5.36. The molecule has 0 saturated heterocycles. The Balaban J connectivity index is 3.15. The number of rotatable bonds is 6. The van der Waals surface area contributed by atoms with Gasteiger partial charge in [-0.25, -0.2) is 0 Å². The van der Waals surface area contributed by atoms with Crippen LogP contribution in [-0.2, 0) is 16.0 Å². The molecule has 104 valence electrons. The number of hydrogen-bond donors (Lipinski definition) is 0. The first kappa shape index (κ1) is 15.6. The van der Waals surface area contributed by atoms with Crippen LogP contribution >= 0.6 is 15.9 Å². The molecule has 1 rings (SSSR count). The average Bonchev–Trinajstić information content (AvgIpc) is 2.31. The SMILES string of the molecule is CCOC(=O)Cc1cc(Br)cc(C=O)c1OC(F)F. The maximum atomic E-state index is 12.3. The summed E-state index contributed by atoms with van der Waals surface area (Å²) in [6, 6.07) is 2.76. The second-order valence-electron chi connectivity index (χ2n) is 3.46. The number of alkyl halides is 2. The van der Waals surface area contributed by atoms with Gasteiger partial charge >= 0.3 is 12.6 Å². The molecule has 0 aliphatic carbocycles. The zero-order valence-electron chi connectivity index (χ0n) is 9.99. The normalized spacial score (nSPS) is 10.4. The molecule has 0 amide bonds. The van der Waals surface area contributed by atoms with Crippen molar-refractivity contribution in [2.24, 2.45) is 0 Å². The summed E-state index contributed by atoms with van der Waals surface area (Å²) in [5, 5.41) is 0. The van der Waals surface area contributed by atoms with E-state index in [1.54, 1.807) is 6.92 Å². The van der Waals surface area contributed by atoms with Gasteiger partial charge in [-0.2, -0.15) is 8.78 Å². The third-order valence-electron chi connectivity index (χ3n) is 2.13. The highest BCUT2D eigenvalue weighted by Crippen LogP contribution is 2.29. The van der Waals surface area contributed by atoms with Gasteiger partial charge in [0.1, 0.15) is 5.75 Å². The molecule has 0 heterocycles. The molecule has 7 heteroatoms. The van der Waals surface area contributed by atoms with Gasteiger partial charge in [-0.1, -0.05) is 15.9 Å². The summed E-state index contributed by atoms with van der Waals surface area (Å²) < 4.78 is 34.2. The zero-order chi connectivity index (χ0) is 14.4. The number of carbonyl (C=O) groups excluding carboxylic acids is 2. The topological polar surface area (TPSA) is 52.6 Å². The lowest BCUT2D eigenvalue weighted by Gasteiger charge is -2.13. The van der Waals surface area contributed by atoms with Crippen molar-refractivity contribution in [2.45, 2.75) is 20.0 Å². The number of ether oxygens (including phenoxy) is 2. The Hall–Kier alpha value is -1.50. The first-order chi connectivity index (χ1) is 8.97. The predicted molar refractivity (Wildman–Crippen MR) is 66.5 cm³/mol. The van der Waals surface area contributed by atoms with E-state index in [1.165, 1.54) is 12.1 Å². The third kappa shape index (κ3) is 4.59. The lowest BCUT2D eigenvalue weighted by Crippen LogP contribution is -2.12. The molecule has 0 aliphatic heterocycles. The fraction of sp³-hybridized carbons (Fsp3) is 0.333. The minimum atomic E-state index is -3.08. The zero-order valence-corrected chi connectivity index (χ0v) is 11.6. The summed E-state index contributed by atoms with van der Waals surface area (Å²) in [4.78, 5) is 22.3. The maximum absolute atomic E-state index is 12.3. The Morgan fingerprint density at radius 3 is 2.68 bits per heavy atom. The van der Waals surface area contributed by atoms with Crippen LogP contribution in [-0.4, -0.2) is 25.5 Å². The van der Waals surface area contributed by atoms with Gasteiger partial charge in [0.05, 0.1) is 18.6 Å². The van der Waals surface area contributed by atoms with Crippen LogP contribution in [0.5, 0.6) is 5.75 Å². The summed E-state index contributed by atoms with van der Waals surface area (Å²) in [6.07, 6.45) is 0.132. The second kappa shape index (κ2) is 7.18. The molecule has 0 N–H and O–H groups in total. The van der Waals surface area contributed by atoms with E-state index in [0.717, 1.165) is 0 Å². The molecule has 0 bridgehead atoms. The van der Waals surface area contributed by atoms with Crippen molar-refractivity contribution in [3.05, 3.63) is 27.7 Å². The fourth-order valence-corrected chi connectivity index (χ4v) is 2.02. The van der Waals surface area contributed by atoms with Gasteiger partial charge < -0.3 is 9.47 Å². The van der Waals surface area contributed by atoms with E-state index in [0.29, 0.717) is 10.8 Å². The molecule has 0 spiro atoms. The lowest BCUT2D eigenvalue weighted by atomic mass is 10.1. The Morgan fingerprint density at radius 2 is 2.16 bits per heavy atom. The van der Waals surface area contributed by atoms with E-state index in [-0.39, 0.29) is 29.9 Å². The number of hydrogen-bond acceptors (Lipinski definition) is 4. The highest BCUT2D eigenvalue weighted by Gasteiger charge is 2.18. The van der Waals surface area contributed by atoms with Gasteiger partial charge in [0.15, 0.2) is 6.29 Å². The molecular formula is C12H11BrF2O4. The quantitative estimate of drug-likeness (QED) is 0.592. The van der Waals surface area contributed by atoms with Gasteiger partial charge in [0, 0.05) is 10.0 Å². The predicted octanol–water partition coefficient (Wildman–Crippen LogP) is 2.97. The fourth-order valence-electron chi connectivity index (χ4n) is 1.49. The summed E-state index contributed by atoms with van der Waals surface area (Å²) in [5.74, 6) is -0.891. The standard InChI is InChI=1S/C12H11BrF2O4/c1-2-18-10(17)5-7-3-9(13)4-8(6-16)11(7)19-12(14)15/h3-4,6,12H,2,5H2,1H3.